The van der Waals surface area contributed by atoms with Crippen LogP contribution in [0.15, 0.2) is 46.8 Å². The van der Waals surface area contributed by atoms with Crippen molar-refractivity contribution in [2.75, 3.05) is 0 Å². The number of nitrogens with zero attached hydrogens (tertiary/aromatic N) is 3. The van der Waals surface area contributed by atoms with Gasteiger partial charge in [0.2, 0.25) is 10.0 Å². The Kier molecular flexibility index (Phi) is 6.70. The predicted octanol–water partition coefficient (Wildman–Crippen LogP) is 5.50. The zero-order valence-corrected chi connectivity index (χ0v) is 21.1. The highest BCUT2D eigenvalue weighted by Crippen LogP contribution is 2.38. The number of carbonyl (C=O) groups excluding carboxylic acids is 1. The molecular weight excluding hydrogens is 532 g/mol. The van der Waals surface area contributed by atoms with E-state index in [0.29, 0.717) is 28.6 Å². The van der Waals surface area contributed by atoms with Gasteiger partial charge in [-0.25, -0.2) is 12.8 Å². The van der Waals surface area contributed by atoms with Crippen LogP contribution < -0.4 is 4.72 Å². The number of hydrogen-bond acceptors (Lipinski definition) is 6. The summed E-state index contributed by atoms with van der Waals surface area (Å²) in [4.78, 5) is 16.3. The molecule has 3 aromatic heterocycles. The van der Waals surface area contributed by atoms with E-state index in [1.807, 2.05) is 6.07 Å². The van der Waals surface area contributed by atoms with Gasteiger partial charge in [0.25, 0.3) is 0 Å². The summed E-state index contributed by atoms with van der Waals surface area (Å²) in [5.41, 5.74) is 1.43. The highest BCUT2D eigenvalue weighted by Gasteiger charge is 2.39. The van der Waals surface area contributed by atoms with E-state index in [-0.39, 0.29) is 28.1 Å². The fraction of sp³-hybridized carbons (Fsp3) is 0.208. The van der Waals surface area contributed by atoms with Crippen LogP contribution in [-0.4, -0.2) is 36.0 Å². The van der Waals surface area contributed by atoms with Crippen LogP contribution >= 0.6 is 11.3 Å². The lowest BCUT2D eigenvalue weighted by Gasteiger charge is -2.17. The van der Waals surface area contributed by atoms with Gasteiger partial charge in [0.1, 0.15) is 22.8 Å². The molecule has 7 nitrogen and oxygen atoms in total. The summed E-state index contributed by atoms with van der Waals surface area (Å²) in [5, 5.41) is 11.9. The second-order valence-electron chi connectivity index (χ2n) is 8.24. The Morgan fingerprint density at radius 1 is 1.24 bits per heavy atom. The highest BCUT2D eigenvalue weighted by molar-refractivity contribution is 7.89. The summed E-state index contributed by atoms with van der Waals surface area (Å²) < 4.78 is 81.1. The lowest BCUT2D eigenvalue weighted by Crippen LogP contribution is -2.42. The van der Waals surface area contributed by atoms with E-state index in [0.717, 1.165) is 12.3 Å². The molecular formula is C24H18F4N4O3S2. The van der Waals surface area contributed by atoms with Crippen LogP contribution in [0.4, 0.5) is 17.6 Å². The molecule has 0 spiro atoms. The highest BCUT2D eigenvalue weighted by atomic mass is 32.2. The van der Waals surface area contributed by atoms with E-state index in [2.05, 4.69) is 4.98 Å². The first-order chi connectivity index (χ1) is 17.3. The van der Waals surface area contributed by atoms with Crippen LogP contribution in [0.3, 0.4) is 0 Å². The minimum atomic E-state index is -4.79. The Bertz CT molecular complexity index is 1680. The van der Waals surface area contributed by atoms with E-state index in [1.54, 1.807) is 27.7 Å². The molecule has 13 heteroatoms. The number of Topliss-reactive ketones (excluding diaryl/α,β-unsaturated/α-hetero) is 1. The van der Waals surface area contributed by atoms with E-state index >= 15 is 0 Å². The van der Waals surface area contributed by atoms with Crippen molar-refractivity contribution in [1.29, 1.82) is 5.26 Å². The van der Waals surface area contributed by atoms with Gasteiger partial charge >= 0.3 is 6.18 Å². The summed E-state index contributed by atoms with van der Waals surface area (Å²) in [6, 6.07) is 6.39. The van der Waals surface area contributed by atoms with Crippen molar-refractivity contribution in [3.63, 3.8) is 0 Å². The number of alkyl halides is 3. The maximum atomic E-state index is 14.5. The van der Waals surface area contributed by atoms with Crippen LogP contribution in [-0.2, 0) is 10.0 Å². The average Bonchev–Trinajstić information content (AvgIpc) is 3.41. The van der Waals surface area contributed by atoms with Gasteiger partial charge in [0.15, 0.2) is 5.78 Å². The molecule has 0 fully saturated rings. The zero-order chi connectivity index (χ0) is 27.3. The number of fused-ring (bicyclic) bond motifs is 1. The Labute approximate surface area is 213 Å². The van der Waals surface area contributed by atoms with Crippen LogP contribution in [0.1, 0.15) is 34.6 Å². The molecule has 37 heavy (non-hydrogen) atoms. The van der Waals surface area contributed by atoms with Crippen LogP contribution in [0.5, 0.6) is 0 Å². The number of halogens is 4. The molecule has 0 saturated carbocycles. The second kappa shape index (κ2) is 9.37. The lowest BCUT2D eigenvalue weighted by molar-refractivity contribution is -0.147. The Hall–Kier alpha value is -3.60. The molecule has 0 aliphatic carbocycles. The largest absolute Gasteiger partial charge is 0.404 e. The summed E-state index contributed by atoms with van der Waals surface area (Å²) in [6.45, 7) is 3.60. The summed E-state index contributed by atoms with van der Waals surface area (Å²) in [6.07, 6.45) is -3.92. The van der Waals surface area contributed by atoms with Gasteiger partial charge in [-0.2, -0.15) is 23.2 Å². The van der Waals surface area contributed by atoms with Gasteiger partial charge in [-0.1, -0.05) is 0 Å². The number of thiophene rings is 1. The van der Waals surface area contributed by atoms with Crippen molar-refractivity contribution in [3.8, 4) is 23.1 Å². The van der Waals surface area contributed by atoms with E-state index in [4.69, 9.17) is 0 Å². The number of pyridine rings is 1. The van der Waals surface area contributed by atoms with E-state index in [9.17, 15) is 36.0 Å². The molecule has 0 aliphatic rings. The molecule has 0 saturated heterocycles. The van der Waals surface area contributed by atoms with E-state index in [1.165, 1.54) is 36.5 Å². The maximum absolute atomic E-state index is 14.5. The number of ketones is 1. The summed E-state index contributed by atoms with van der Waals surface area (Å²) in [5.74, 6) is -0.793. The minimum absolute atomic E-state index is 0.0292. The quantitative estimate of drug-likeness (QED) is 0.252. The van der Waals surface area contributed by atoms with Gasteiger partial charge in [-0.05, 0) is 55.1 Å². The lowest BCUT2D eigenvalue weighted by atomic mass is 10.1. The number of nitriles is 1. The topological polar surface area (TPSA) is 105 Å². The molecule has 0 radical (unpaired) electrons. The zero-order valence-electron chi connectivity index (χ0n) is 19.5. The Balaban J connectivity index is 1.95. The van der Waals surface area contributed by atoms with Crippen molar-refractivity contribution < 1.29 is 30.8 Å². The molecule has 1 atom stereocenters. The van der Waals surface area contributed by atoms with Crippen molar-refractivity contribution >= 4 is 38.0 Å². The van der Waals surface area contributed by atoms with Gasteiger partial charge in [-0.3, -0.25) is 9.78 Å². The van der Waals surface area contributed by atoms with Crippen molar-refractivity contribution in [1.82, 2.24) is 14.3 Å². The summed E-state index contributed by atoms with van der Waals surface area (Å²) in [7, 11) is -4.56. The van der Waals surface area contributed by atoms with Crippen LogP contribution in [0.25, 0.3) is 28.0 Å². The number of carbonyl (C=O) groups is 1. The molecule has 192 valence electrons. The molecule has 1 aromatic carbocycles. The maximum Gasteiger partial charge on any atom is 0.404 e. The van der Waals surface area contributed by atoms with Gasteiger partial charge in [0.05, 0.1) is 33.0 Å². The number of nitrogens with one attached hydrogen (secondary N) is 1. The first-order valence-corrected chi connectivity index (χ1v) is 13.0. The van der Waals surface area contributed by atoms with Crippen molar-refractivity contribution in [3.05, 3.63) is 63.7 Å². The first-order valence-electron chi connectivity index (χ1n) is 10.6. The molecule has 4 rings (SSSR count). The monoisotopic (exact) mass is 550 g/mol. The van der Waals surface area contributed by atoms with Crippen LogP contribution in [0, 0.1) is 24.1 Å². The van der Waals surface area contributed by atoms with Gasteiger partial charge in [0, 0.05) is 18.5 Å². The third-order valence-electron chi connectivity index (χ3n) is 5.68. The average molecular weight is 551 g/mol. The molecule has 0 amide bonds. The van der Waals surface area contributed by atoms with Crippen LogP contribution in [0.2, 0.25) is 0 Å². The molecule has 1 N–H and O–H groups in total. The van der Waals surface area contributed by atoms with Gasteiger partial charge < -0.3 is 4.57 Å². The number of benzene rings is 1. The Morgan fingerprint density at radius 2 is 1.95 bits per heavy atom. The van der Waals surface area contributed by atoms with Crippen molar-refractivity contribution in [2.24, 2.45) is 0 Å². The fourth-order valence-electron chi connectivity index (χ4n) is 3.81. The number of hydrogen-bond donors (Lipinski definition) is 1. The molecule has 0 bridgehead atoms. The number of aromatic nitrogens is 2. The minimum Gasteiger partial charge on any atom is -0.305 e. The second-order valence-corrected chi connectivity index (χ2v) is 10.9. The van der Waals surface area contributed by atoms with Gasteiger partial charge in [-0.15, -0.1) is 11.3 Å². The first kappa shape index (κ1) is 26.5. The third kappa shape index (κ3) is 4.75. The van der Waals surface area contributed by atoms with Crippen molar-refractivity contribution in [2.45, 2.75) is 37.9 Å². The molecule has 1 unspecified atom stereocenters. The third-order valence-corrected chi connectivity index (χ3v) is 8.21. The SMILES string of the molecule is CC(=O)c1sccc1-n1c(-c2ccc(S(=O)(=O)NC(C)C(F)(F)F)cn2)c(C#N)c2cc(F)c(C)cc21. The Morgan fingerprint density at radius 3 is 2.51 bits per heavy atom. The standard InChI is InChI=1S/C24H18F4N4O3S2/c1-12-8-21-16(9-18(12)25)17(10-29)22(32(21)20-6-7-36-23(20)13(2)33)19-5-4-15(11-30-19)37(34,35)31-14(3)24(26,27)28/h4-9,11,14,31H,1-3H3. The molecule has 3 heterocycles. The van der Waals surface area contributed by atoms with E-state index < -0.39 is 33.0 Å². The predicted molar refractivity (Wildman–Crippen MR) is 130 cm³/mol. The number of aryl methyl sites for hydroxylation is 1. The normalized spacial score (nSPS) is 13.0. The summed E-state index contributed by atoms with van der Waals surface area (Å²) >= 11 is 1.18. The molecule has 4 aromatic rings. The number of sulfonamides is 1. The smallest absolute Gasteiger partial charge is 0.305 e. The number of rotatable bonds is 6. The fourth-order valence-corrected chi connectivity index (χ4v) is 5.76. The molecule has 0 aliphatic heterocycles.